The molecule has 4 rings (SSSR count). The van der Waals surface area contributed by atoms with E-state index in [2.05, 4.69) is 30.5 Å². The number of para-hydroxylation sites is 1. The molecular weight excluding hydrogens is 472 g/mol. The number of ether oxygens (including phenoxy) is 2. The number of urea groups is 1. The Morgan fingerprint density at radius 1 is 1.03 bits per heavy atom. The minimum absolute atomic E-state index is 0.281. The first-order valence-electron chi connectivity index (χ1n) is 12.1. The Bertz CT molecular complexity index is 1190. The normalized spacial score (nSPS) is 13.5. The van der Waals surface area contributed by atoms with Crippen molar-refractivity contribution < 1.29 is 14.3 Å². The maximum Gasteiger partial charge on any atom is 0.344 e. The zero-order chi connectivity index (χ0) is 25.9. The van der Waals surface area contributed by atoms with E-state index in [1.807, 2.05) is 48.5 Å². The Balaban J connectivity index is 1.30. The molecule has 6 N–H and O–H groups in total. The van der Waals surface area contributed by atoms with Crippen LogP contribution in [0.4, 0.5) is 10.7 Å². The number of benzene rings is 2. The zero-order valence-corrected chi connectivity index (χ0v) is 20.6. The van der Waals surface area contributed by atoms with Gasteiger partial charge >= 0.3 is 6.03 Å². The number of carbonyl (C=O) groups excluding carboxylic acids is 1. The van der Waals surface area contributed by atoms with Gasteiger partial charge in [0.1, 0.15) is 12.4 Å². The molecule has 0 spiro atoms. The number of guanidine groups is 1. The van der Waals surface area contributed by atoms with Crippen molar-refractivity contribution in [2.24, 2.45) is 16.5 Å². The third-order valence-electron chi connectivity index (χ3n) is 5.76. The average Bonchev–Trinajstić information content (AvgIpc) is 2.92. The first-order valence-corrected chi connectivity index (χ1v) is 12.1. The summed E-state index contributed by atoms with van der Waals surface area (Å²) < 4.78 is 11.5. The summed E-state index contributed by atoms with van der Waals surface area (Å²) in [7, 11) is 0. The lowest BCUT2D eigenvalue weighted by molar-refractivity contribution is 0.0322. The molecule has 1 fully saturated rings. The van der Waals surface area contributed by atoms with Crippen molar-refractivity contribution in [1.82, 2.24) is 20.2 Å². The minimum atomic E-state index is -0.590. The second-order valence-corrected chi connectivity index (χ2v) is 8.45. The largest absolute Gasteiger partial charge is 0.492 e. The minimum Gasteiger partial charge on any atom is -0.492 e. The number of nitrogens with one attached hydrogen (secondary N) is 2. The molecule has 11 nitrogen and oxygen atoms in total. The highest BCUT2D eigenvalue weighted by atomic mass is 16.5. The molecule has 37 heavy (non-hydrogen) atoms. The number of hydrogen-bond acceptors (Lipinski definition) is 7. The summed E-state index contributed by atoms with van der Waals surface area (Å²) in [5.41, 5.74) is 14.1. The van der Waals surface area contributed by atoms with Crippen LogP contribution in [-0.4, -0.2) is 66.3 Å². The van der Waals surface area contributed by atoms with Gasteiger partial charge in [0.15, 0.2) is 5.96 Å². The predicted molar refractivity (Wildman–Crippen MR) is 142 cm³/mol. The molecule has 2 amide bonds. The second kappa shape index (κ2) is 13.2. The molecule has 0 bridgehead atoms. The quantitative estimate of drug-likeness (QED) is 0.240. The number of aliphatic imine (C=N–C) groups is 1. The van der Waals surface area contributed by atoms with E-state index in [1.165, 1.54) is 0 Å². The van der Waals surface area contributed by atoms with Crippen molar-refractivity contribution in [1.29, 1.82) is 0 Å². The van der Waals surface area contributed by atoms with Gasteiger partial charge in [-0.15, -0.1) is 0 Å². The number of anilines is 1. The van der Waals surface area contributed by atoms with E-state index in [1.54, 1.807) is 12.4 Å². The number of aromatic nitrogens is 2. The lowest BCUT2D eigenvalue weighted by Gasteiger charge is -2.26. The van der Waals surface area contributed by atoms with Crippen LogP contribution in [-0.2, 0) is 17.8 Å². The van der Waals surface area contributed by atoms with Crippen LogP contribution in [0.2, 0.25) is 0 Å². The highest BCUT2D eigenvalue weighted by Crippen LogP contribution is 2.21. The maximum atomic E-state index is 11.6. The fraction of sp³-hybridized carbons (Fsp3) is 0.308. The Labute approximate surface area is 215 Å². The van der Waals surface area contributed by atoms with Crippen LogP contribution >= 0.6 is 0 Å². The van der Waals surface area contributed by atoms with Crippen LogP contribution in [0.25, 0.3) is 11.1 Å². The van der Waals surface area contributed by atoms with Crippen LogP contribution in [0.3, 0.4) is 0 Å². The van der Waals surface area contributed by atoms with Crippen molar-refractivity contribution in [3.8, 4) is 16.9 Å². The number of nitrogens with zero attached hydrogens (tertiary/aromatic N) is 4. The Morgan fingerprint density at radius 3 is 2.59 bits per heavy atom. The van der Waals surface area contributed by atoms with Crippen LogP contribution in [0, 0.1) is 0 Å². The highest BCUT2D eigenvalue weighted by molar-refractivity contribution is 5.90. The van der Waals surface area contributed by atoms with Gasteiger partial charge in [-0.1, -0.05) is 36.4 Å². The molecule has 2 heterocycles. The predicted octanol–water partition coefficient (Wildman–Crippen LogP) is 1.95. The second-order valence-electron chi connectivity index (χ2n) is 8.45. The molecule has 1 aliphatic heterocycles. The lowest BCUT2D eigenvalue weighted by Crippen LogP contribution is -2.38. The molecule has 3 aromatic rings. The van der Waals surface area contributed by atoms with Crippen LogP contribution in [0.5, 0.6) is 5.75 Å². The summed E-state index contributed by atoms with van der Waals surface area (Å²) in [5.74, 6) is 1.09. The van der Waals surface area contributed by atoms with E-state index < -0.39 is 6.03 Å². The molecular formula is C26H32N8O3. The molecule has 11 heteroatoms. The van der Waals surface area contributed by atoms with Gasteiger partial charge in [0.2, 0.25) is 5.95 Å². The molecule has 194 valence electrons. The molecule has 0 saturated carbocycles. The maximum absolute atomic E-state index is 11.6. The third-order valence-corrected chi connectivity index (χ3v) is 5.76. The van der Waals surface area contributed by atoms with Gasteiger partial charge < -0.3 is 31.6 Å². The lowest BCUT2D eigenvalue weighted by atomic mass is 10.1. The smallest absolute Gasteiger partial charge is 0.344 e. The highest BCUT2D eigenvalue weighted by Gasteiger charge is 2.11. The zero-order valence-electron chi connectivity index (χ0n) is 20.6. The molecule has 2 aromatic carbocycles. The third kappa shape index (κ3) is 8.16. The Morgan fingerprint density at radius 2 is 1.81 bits per heavy atom. The van der Waals surface area contributed by atoms with E-state index in [0.717, 1.165) is 60.9 Å². The van der Waals surface area contributed by atoms with Crippen molar-refractivity contribution >= 4 is 17.9 Å². The van der Waals surface area contributed by atoms with Crippen LogP contribution in [0.1, 0.15) is 11.1 Å². The van der Waals surface area contributed by atoms with E-state index >= 15 is 0 Å². The monoisotopic (exact) mass is 504 g/mol. The topological polar surface area (TPSA) is 153 Å². The van der Waals surface area contributed by atoms with Gasteiger partial charge in [-0.25, -0.2) is 14.8 Å². The summed E-state index contributed by atoms with van der Waals surface area (Å²) in [6.07, 6.45) is 3.52. The van der Waals surface area contributed by atoms with E-state index in [9.17, 15) is 4.79 Å². The van der Waals surface area contributed by atoms with Crippen molar-refractivity contribution in [2.45, 2.75) is 13.1 Å². The van der Waals surface area contributed by atoms with E-state index in [0.29, 0.717) is 19.1 Å². The Kier molecular flexibility index (Phi) is 9.22. The van der Waals surface area contributed by atoms with Crippen molar-refractivity contribution in [3.63, 3.8) is 0 Å². The van der Waals surface area contributed by atoms with E-state index in [-0.39, 0.29) is 12.5 Å². The molecule has 1 aliphatic rings. The number of carbonyl (C=O) groups is 1. The van der Waals surface area contributed by atoms with Crippen molar-refractivity contribution in [3.05, 3.63) is 72.1 Å². The molecule has 0 unspecified atom stereocenters. The average molecular weight is 505 g/mol. The standard InChI is InChI=1S/C26H32N8O3/c27-24(28)33-26(35)32-15-19-4-3-6-20(14-19)22-17-30-25(31-18-22)29-16-21-5-1-2-7-23(21)37-13-10-34-8-11-36-12-9-34/h1-7,14,17-18H,8-13,15-16H2,(H,29,30,31)(H5,27,28,32,33,35). The number of nitrogens with two attached hydrogens (primary N) is 2. The first-order chi connectivity index (χ1) is 18.1. The fourth-order valence-electron chi connectivity index (χ4n) is 3.84. The van der Waals surface area contributed by atoms with Crippen LogP contribution in [0.15, 0.2) is 65.9 Å². The van der Waals surface area contributed by atoms with Gasteiger partial charge in [-0.3, -0.25) is 4.90 Å². The Hall–Kier alpha value is -4.22. The summed E-state index contributed by atoms with van der Waals surface area (Å²) in [5, 5.41) is 5.91. The van der Waals surface area contributed by atoms with E-state index in [4.69, 9.17) is 20.9 Å². The summed E-state index contributed by atoms with van der Waals surface area (Å²) >= 11 is 0. The molecule has 1 saturated heterocycles. The van der Waals surface area contributed by atoms with Gasteiger partial charge in [0.05, 0.1) is 13.2 Å². The van der Waals surface area contributed by atoms with Gasteiger partial charge in [0.25, 0.3) is 0 Å². The number of rotatable bonds is 10. The number of amides is 2. The van der Waals surface area contributed by atoms with Gasteiger partial charge in [0, 0.05) is 56.2 Å². The number of morpholine rings is 1. The summed E-state index contributed by atoms with van der Waals surface area (Å²) in [6, 6.07) is 15.1. The molecule has 1 aromatic heterocycles. The fourth-order valence-corrected chi connectivity index (χ4v) is 3.84. The molecule has 0 atom stereocenters. The molecule has 0 radical (unpaired) electrons. The molecule has 0 aliphatic carbocycles. The number of hydrogen-bond donors (Lipinski definition) is 4. The van der Waals surface area contributed by atoms with Gasteiger partial charge in [-0.2, -0.15) is 4.99 Å². The summed E-state index contributed by atoms with van der Waals surface area (Å²) in [4.78, 5) is 26.3. The SMILES string of the molecule is NC(N)=NC(=O)NCc1cccc(-c2cnc(NCc3ccccc3OCCN3CCOCC3)nc2)c1. The first kappa shape index (κ1) is 25.9. The summed E-state index contributed by atoms with van der Waals surface area (Å²) in [6.45, 7) is 5.78. The van der Waals surface area contributed by atoms with Gasteiger partial charge in [-0.05, 0) is 23.3 Å². The van der Waals surface area contributed by atoms with Crippen molar-refractivity contribution in [2.75, 3.05) is 44.8 Å². The van der Waals surface area contributed by atoms with Crippen LogP contribution < -0.4 is 26.8 Å².